The van der Waals surface area contributed by atoms with E-state index in [1.807, 2.05) is 30.0 Å². The lowest BCUT2D eigenvalue weighted by Gasteiger charge is -2.41. The Hall–Kier alpha value is -8.36. The van der Waals surface area contributed by atoms with Gasteiger partial charge in [0.1, 0.15) is 36.9 Å². The second-order valence-electron chi connectivity index (χ2n) is 24.1. The summed E-state index contributed by atoms with van der Waals surface area (Å²) in [6, 6.07) is 31.1. The Bertz CT molecular complexity index is 3550. The lowest BCUT2D eigenvalue weighted by molar-refractivity contribution is -0.129. The monoisotopic (exact) mass is 1190 g/mol. The largest absolute Gasteiger partial charge is 0.462 e. The van der Waals surface area contributed by atoms with Gasteiger partial charge in [-0.15, -0.1) is 0 Å². The van der Waals surface area contributed by atoms with Crippen molar-refractivity contribution < 1.29 is 19.1 Å². The normalized spacial score (nSPS) is 20.6. The Morgan fingerprint density at radius 3 is 1.51 bits per heavy atom. The number of ether oxygens (including phenoxy) is 2. The van der Waals surface area contributed by atoms with Crippen molar-refractivity contribution in [2.24, 2.45) is 0 Å². The van der Waals surface area contributed by atoms with Crippen LogP contribution >= 0.6 is 0 Å². The number of rotatable bonds is 18. The van der Waals surface area contributed by atoms with E-state index in [-0.39, 0.29) is 37.0 Å². The summed E-state index contributed by atoms with van der Waals surface area (Å²) in [5.74, 6) is 1.61. The highest BCUT2D eigenvalue weighted by Gasteiger charge is 2.38. The van der Waals surface area contributed by atoms with Crippen LogP contribution in [0.15, 0.2) is 110 Å². The fraction of sp³-hybridized carbons (Fsp3) is 0.478. The van der Waals surface area contributed by atoms with E-state index in [1.54, 1.807) is 11.0 Å². The summed E-state index contributed by atoms with van der Waals surface area (Å²) < 4.78 is 12.7. The number of fused-ring (bicyclic) bond motifs is 4. The third-order valence-corrected chi connectivity index (χ3v) is 18.5. The van der Waals surface area contributed by atoms with Gasteiger partial charge in [0.05, 0.1) is 24.5 Å². The van der Waals surface area contributed by atoms with Crippen molar-refractivity contribution in [3.63, 3.8) is 0 Å². The van der Waals surface area contributed by atoms with Gasteiger partial charge in [0.2, 0.25) is 24.9 Å². The van der Waals surface area contributed by atoms with Crippen LogP contribution < -0.4 is 29.1 Å². The summed E-state index contributed by atoms with van der Waals surface area (Å²) in [7, 11) is 3.95. The fourth-order valence-corrected chi connectivity index (χ4v) is 13.9. The molecule has 0 bridgehead atoms. The molecule has 4 atom stereocenters. The second-order valence-corrected chi connectivity index (χ2v) is 24.1. The van der Waals surface area contributed by atoms with E-state index in [4.69, 9.17) is 42.6 Å². The van der Waals surface area contributed by atoms with E-state index >= 15 is 0 Å². The summed E-state index contributed by atoms with van der Waals surface area (Å²) in [5, 5.41) is 4.93. The number of likely N-dealkylation sites (tertiary alicyclic amines) is 2. The molecular weight excluding hydrogens is 1100 g/mol. The minimum atomic E-state index is -0.218. The highest BCUT2D eigenvalue weighted by Crippen LogP contribution is 2.38. The molecule has 88 heavy (non-hydrogen) atoms. The molecule has 19 heteroatoms. The zero-order valence-corrected chi connectivity index (χ0v) is 51.9. The zero-order chi connectivity index (χ0) is 61.1. The van der Waals surface area contributed by atoms with Crippen molar-refractivity contribution in [1.82, 2.24) is 44.4 Å². The molecule has 2 amide bonds. The maximum absolute atomic E-state index is 13.2. The SMILES string of the molecule is [C-]#[N+]C[C@H]1CN(c2nc(OC[C@@H]3CCCN3CC)nc3c2CCN(c2cccc4ccccc24)C3)CCN1C(=O)/C=C/CN(C)C.[C-]#[N+]C[C@H]1CN(c2nc(OC[C@@H]3CCCN3CC)nc3c2CCN(c2cccc4ccccc24)C3)CCN1C(=O)C=C. The van der Waals surface area contributed by atoms with Crippen molar-refractivity contribution in [3.8, 4) is 12.0 Å². The molecule has 4 fully saturated rings. The molecule has 6 aliphatic heterocycles. The Morgan fingerprint density at radius 2 is 1.06 bits per heavy atom. The third kappa shape index (κ3) is 13.8. The fourth-order valence-electron chi connectivity index (χ4n) is 13.9. The highest BCUT2D eigenvalue weighted by molar-refractivity contribution is 5.95. The molecule has 0 spiro atoms. The van der Waals surface area contributed by atoms with Gasteiger partial charge in [0, 0.05) is 110 Å². The predicted molar refractivity (Wildman–Crippen MR) is 349 cm³/mol. The van der Waals surface area contributed by atoms with E-state index in [9.17, 15) is 9.59 Å². The number of nitrogens with zero attached hydrogens (tertiary/aromatic N) is 15. The minimum absolute atomic E-state index is 0.0355. The molecule has 0 unspecified atom stereocenters. The first-order valence-electron chi connectivity index (χ1n) is 31.7. The lowest BCUT2D eigenvalue weighted by atomic mass is 10.0. The molecular formula is C69H85N15O4. The summed E-state index contributed by atoms with van der Waals surface area (Å²) in [6.07, 6.45) is 11.1. The summed E-state index contributed by atoms with van der Waals surface area (Å²) in [4.78, 5) is 73.1. The van der Waals surface area contributed by atoms with Gasteiger partial charge in [0.15, 0.2) is 0 Å². The maximum atomic E-state index is 13.2. The molecule has 0 radical (unpaired) electrons. The average molecular weight is 1190 g/mol. The van der Waals surface area contributed by atoms with Crippen molar-refractivity contribution in [2.45, 2.75) is 89.6 Å². The zero-order valence-electron chi connectivity index (χ0n) is 51.9. The van der Waals surface area contributed by atoms with E-state index in [1.165, 1.54) is 51.8 Å². The van der Waals surface area contributed by atoms with Crippen molar-refractivity contribution >= 4 is 56.4 Å². The topological polar surface area (TPSA) is 142 Å². The second kappa shape index (κ2) is 28.6. The number of likely N-dealkylation sites (N-methyl/N-ethyl adjacent to an activating group) is 3. The summed E-state index contributed by atoms with van der Waals surface area (Å²) in [5.41, 5.74) is 6.68. The van der Waals surface area contributed by atoms with Gasteiger partial charge in [-0.05, 0) is 108 Å². The molecule has 2 aromatic heterocycles. The van der Waals surface area contributed by atoms with Gasteiger partial charge in [-0.25, -0.2) is 13.1 Å². The smallest absolute Gasteiger partial charge is 0.318 e. The van der Waals surface area contributed by atoms with Crippen molar-refractivity contribution in [1.29, 1.82) is 0 Å². The Kier molecular flexibility index (Phi) is 20.0. The molecule has 6 aromatic rings. The van der Waals surface area contributed by atoms with E-state index < -0.39 is 0 Å². The first kappa shape index (κ1) is 61.3. The first-order valence-corrected chi connectivity index (χ1v) is 31.7. The van der Waals surface area contributed by atoms with Crippen LogP contribution in [0.3, 0.4) is 0 Å². The average Bonchev–Trinajstić information content (AvgIpc) is 2.78. The number of aromatic nitrogens is 4. The van der Waals surface area contributed by atoms with Gasteiger partial charge in [-0.1, -0.05) is 99.3 Å². The molecule has 8 heterocycles. The molecule has 0 N–H and O–H groups in total. The lowest BCUT2D eigenvalue weighted by Crippen LogP contribution is -2.56. The van der Waals surface area contributed by atoms with Crippen LogP contribution in [0.1, 0.15) is 62.0 Å². The molecule has 460 valence electrons. The van der Waals surface area contributed by atoms with Gasteiger partial charge < -0.3 is 53.5 Å². The number of carbonyl (C=O) groups excluding carboxylic acids is 2. The molecule has 0 saturated carbocycles. The Balaban J connectivity index is 0.000000183. The number of piperazine rings is 2. The number of hydrogen-bond donors (Lipinski definition) is 0. The maximum Gasteiger partial charge on any atom is 0.318 e. The number of benzene rings is 4. The van der Waals surface area contributed by atoms with E-state index in [0.717, 1.165) is 99.1 Å². The van der Waals surface area contributed by atoms with Crippen LogP contribution in [0.25, 0.3) is 31.2 Å². The number of amides is 2. The third-order valence-electron chi connectivity index (χ3n) is 18.5. The number of carbonyl (C=O) groups is 2. The quantitative estimate of drug-likeness (QED) is 0.0602. The first-order chi connectivity index (χ1) is 43.0. The van der Waals surface area contributed by atoms with Gasteiger partial charge >= 0.3 is 12.0 Å². The van der Waals surface area contributed by atoms with Crippen LogP contribution in [0, 0.1) is 13.1 Å². The van der Waals surface area contributed by atoms with E-state index in [2.05, 4.69) is 144 Å². The van der Waals surface area contributed by atoms with Crippen LogP contribution in [-0.2, 0) is 35.5 Å². The molecule has 19 nitrogen and oxygen atoms in total. The van der Waals surface area contributed by atoms with Crippen LogP contribution in [0.2, 0.25) is 0 Å². The van der Waals surface area contributed by atoms with Crippen LogP contribution in [0.4, 0.5) is 23.0 Å². The molecule has 0 aliphatic carbocycles. The molecule has 4 saturated heterocycles. The van der Waals surface area contributed by atoms with Crippen LogP contribution in [-0.4, -0.2) is 206 Å². The van der Waals surface area contributed by atoms with Gasteiger partial charge in [-0.3, -0.25) is 19.4 Å². The Labute approximate surface area is 519 Å². The van der Waals surface area contributed by atoms with Gasteiger partial charge in [-0.2, -0.15) is 19.9 Å². The predicted octanol–water partition coefficient (Wildman–Crippen LogP) is 8.29. The highest BCUT2D eigenvalue weighted by atomic mass is 16.5. The number of anilines is 4. The van der Waals surface area contributed by atoms with E-state index in [0.29, 0.717) is 96.2 Å². The molecule has 12 rings (SSSR count). The Morgan fingerprint density at radius 1 is 0.591 bits per heavy atom. The standard InChI is InChI=1S/C36H46N8O2.C33H39N7O2/c1-5-41-19-9-13-28(41)26-46-36-38-32-25-42(33-15-8-12-27-11-6-7-14-30(27)33)20-17-31(32)35(39-36)43-21-22-44(29(24-43)23-37-2)34(45)16-10-18-40(3)4;1-4-31(41)40-19-18-39(21-26(40)20-34-3)32-28-15-17-38(30-14-8-11-24-10-6-7-13-27(24)30)22-29(28)35-33(36-32)42-23-25-12-9-16-37(25)5-2/h6-8,10-12,14-16,28-29H,5,9,13,17-26H2,1,3-4H3;4,6-8,10-11,13-14,25-26H,1,5,9,12,15-23H2,2H3/b16-10+;/t28-,29-;25-,26-/m00/s1. The van der Waals surface area contributed by atoms with Crippen molar-refractivity contribution in [2.75, 3.05) is 145 Å². The molecule has 4 aromatic carbocycles. The van der Waals surface area contributed by atoms with Gasteiger partial charge in [0.25, 0.3) is 0 Å². The number of hydrogen-bond acceptors (Lipinski definition) is 15. The summed E-state index contributed by atoms with van der Waals surface area (Å²) >= 11 is 0. The minimum Gasteiger partial charge on any atom is -0.462 e. The van der Waals surface area contributed by atoms with Crippen LogP contribution in [0.5, 0.6) is 12.0 Å². The van der Waals surface area contributed by atoms with Crippen molar-refractivity contribution in [3.05, 3.63) is 155 Å². The molecule has 6 aliphatic rings. The summed E-state index contributed by atoms with van der Waals surface area (Å²) in [6.45, 7) is 36.3.